The van der Waals surface area contributed by atoms with Crippen LogP contribution in [0, 0.1) is 5.92 Å². The van der Waals surface area contributed by atoms with Crippen molar-refractivity contribution in [3.63, 3.8) is 0 Å². The van der Waals surface area contributed by atoms with E-state index in [4.69, 9.17) is 27.9 Å². The molecule has 0 radical (unpaired) electrons. The van der Waals surface area contributed by atoms with E-state index in [-0.39, 0.29) is 23.6 Å². The molecule has 0 unspecified atom stereocenters. The molecule has 1 fully saturated rings. The maximum Gasteiger partial charge on any atom is 0.339 e. The number of aromatic nitrogens is 1. The summed E-state index contributed by atoms with van der Waals surface area (Å²) in [5.41, 5.74) is 0.508. The molecule has 104 valence electrons. The number of nitrogens with one attached hydrogen (secondary N) is 1. The van der Waals surface area contributed by atoms with Gasteiger partial charge < -0.3 is 9.72 Å². The first-order valence-electron chi connectivity index (χ1n) is 6.14. The average molecular weight is 312 g/mol. The van der Waals surface area contributed by atoms with Crippen LogP contribution in [-0.2, 0) is 4.74 Å². The lowest BCUT2D eigenvalue weighted by molar-refractivity contribution is 0.0487. The first-order valence-corrected chi connectivity index (χ1v) is 6.90. The van der Waals surface area contributed by atoms with Gasteiger partial charge in [-0.05, 0) is 12.5 Å². The fourth-order valence-corrected chi connectivity index (χ4v) is 2.58. The SMILES string of the molecule is O=C(OC[C@H]1CC1(Cl)Cl)c1cc(=O)[nH]c2ccccc12. The summed E-state index contributed by atoms with van der Waals surface area (Å²) in [6, 6.07) is 8.31. The summed E-state index contributed by atoms with van der Waals surface area (Å²) in [5, 5.41) is 0.649. The third kappa shape index (κ3) is 2.53. The molecule has 0 spiro atoms. The molecule has 1 aliphatic carbocycles. The Morgan fingerprint density at radius 2 is 2.10 bits per heavy atom. The average Bonchev–Trinajstić information content (AvgIpc) is 3.02. The molecule has 6 heteroatoms. The van der Waals surface area contributed by atoms with Crippen molar-refractivity contribution < 1.29 is 9.53 Å². The zero-order chi connectivity index (χ0) is 14.3. The first kappa shape index (κ1) is 13.5. The molecule has 0 saturated heterocycles. The molecule has 1 aromatic heterocycles. The Bertz CT molecular complexity index is 739. The van der Waals surface area contributed by atoms with Crippen molar-refractivity contribution in [1.82, 2.24) is 4.98 Å². The fourth-order valence-electron chi connectivity index (χ4n) is 2.08. The third-order valence-corrected chi connectivity index (χ3v) is 4.27. The lowest BCUT2D eigenvalue weighted by Crippen LogP contribution is -2.14. The number of esters is 1. The summed E-state index contributed by atoms with van der Waals surface area (Å²) in [4.78, 5) is 26.3. The molecule has 1 saturated carbocycles. The summed E-state index contributed by atoms with van der Waals surface area (Å²) in [5.74, 6) is -0.577. The third-order valence-electron chi connectivity index (χ3n) is 3.34. The van der Waals surface area contributed by atoms with Gasteiger partial charge in [0.2, 0.25) is 5.56 Å². The van der Waals surface area contributed by atoms with Gasteiger partial charge in [-0.15, -0.1) is 23.2 Å². The summed E-state index contributed by atoms with van der Waals surface area (Å²) < 4.78 is 4.41. The summed E-state index contributed by atoms with van der Waals surface area (Å²) in [6.07, 6.45) is 0.611. The molecule has 1 atom stereocenters. The smallest absolute Gasteiger partial charge is 0.339 e. The zero-order valence-corrected chi connectivity index (χ0v) is 11.9. The van der Waals surface area contributed by atoms with Crippen LogP contribution in [0.25, 0.3) is 10.9 Å². The summed E-state index contributed by atoms with van der Waals surface area (Å²) in [7, 11) is 0. The first-order chi connectivity index (χ1) is 9.47. The maximum atomic E-state index is 12.1. The highest BCUT2D eigenvalue weighted by Crippen LogP contribution is 2.53. The van der Waals surface area contributed by atoms with Crippen molar-refractivity contribution in [1.29, 1.82) is 0 Å². The van der Waals surface area contributed by atoms with E-state index in [2.05, 4.69) is 4.98 Å². The number of ether oxygens (including phenoxy) is 1. The highest BCUT2D eigenvalue weighted by atomic mass is 35.5. The molecular weight excluding hydrogens is 301 g/mol. The minimum atomic E-state index is -0.781. The quantitative estimate of drug-likeness (QED) is 0.700. The van der Waals surface area contributed by atoms with Crippen LogP contribution < -0.4 is 5.56 Å². The van der Waals surface area contributed by atoms with Crippen molar-refractivity contribution in [2.24, 2.45) is 5.92 Å². The number of para-hydroxylation sites is 1. The minimum absolute atomic E-state index is 0.0388. The second-order valence-corrected chi connectivity index (χ2v) is 6.40. The number of rotatable bonds is 3. The van der Waals surface area contributed by atoms with Crippen LogP contribution in [0.15, 0.2) is 35.1 Å². The maximum absolute atomic E-state index is 12.1. The number of hydrogen-bond donors (Lipinski definition) is 1. The van der Waals surface area contributed by atoms with E-state index >= 15 is 0 Å². The van der Waals surface area contributed by atoms with Gasteiger partial charge in [0.25, 0.3) is 0 Å². The number of carbonyl (C=O) groups is 1. The molecule has 0 bridgehead atoms. The normalized spacial score (nSPS) is 19.8. The van der Waals surface area contributed by atoms with Crippen LogP contribution in [-0.4, -0.2) is 21.9 Å². The molecule has 3 rings (SSSR count). The van der Waals surface area contributed by atoms with E-state index in [0.717, 1.165) is 0 Å². The molecular formula is C14H11Cl2NO3. The van der Waals surface area contributed by atoms with Crippen molar-refractivity contribution in [3.05, 3.63) is 46.2 Å². The van der Waals surface area contributed by atoms with Gasteiger partial charge >= 0.3 is 5.97 Å². The minimum Gasteiger partial charge on any atom is -0.462 e. The lowest BCUT2D eigenvalue weighted by Gasteiger charge is -2.07. The molecule has 1 heterocycles. The van der Waals surface area contributed by atoms with Gasteiger partial charge in [0.15, 0.2) is 0 Å². The van der Waals surface area contributed by atoms with Crippen LogP contribution >= 0.6 is 23.2 Å². The zero-order valence-electron chi connectivity index (χ0n) is 10.4. The summed E-state index contributed by atoms with van der Waals surface area (Å²) >= 11 is 11.8. The Labute approximate surface area is 124 Å². The molecule has 0 aliphatic heterocycles. The molecule has 2 aromatic rings. The van der Waals surface area contributed by atoms with E-state index < -0.39 is 10.3 Å². The number of fused-ring (bicyclic) bond motifs is 1. The fraction of sp³-hybridized carbons (Fsp3) is 0.286. The van der Waals surface area contributed by atoms with Gasteiger partial charge in [-0.1, -0.05) is 18.2 Å². The highest BCUT2D eigenvalue weighted by molar-refractivity contribution is 6.50. The molecule has 0 amide bonds. The van der Waals surface area contributed by atoms with Gasteiger partial charge in [0, 0.05) is 22.9 Å². The number of H-pyrrole nitrogens is 1. The predicted octanol–water partition coefficient (Wildman–Crippen LogP) is 2.88. The topological polar surface area (TPSA) is 59.2 Å². The molecule has 1 aliphatic rings. The van der Waals surface area contributed by atoms with Crippen LogP contribution in [0.2, 0.25) is 0 Å². The van der Waals surface area contributed by atoms with E-state index in [0.29, 0.717) is 17.3 Å². The molecule has 1 aromatic carbocycles. The molecule has 4 nitrogen and oxygen atoms in total. The number of benzene rings is 1. The number of pyridine rings is 1. The van der Waals surface area contributed by atoms with E-state index in [1.807, 2.05) is 0 Å². The monoisotopic (exact) mass is 311 g/mol. The van der Waals surface area contributed by atoms with Crippen LogP contribution in [0.3, 0.4) is 0 Å². The Morgan fingerprint density at radius 1 is 1.40 bits per heavy atom. The largest absolute Gasteiger partial charge is 0.462 e. The van der Waals surface area contributed by atoms with Gasteiger partial charge in [0.1, 0.15) is 4.33 Å². The Morgan fingerprint density at radius 3 is 2.80 bits per heavy atom. The van der Waals surface area contributed by atoms with Gasteiger partial charge in [0.05, 0.1) is 12.2 Å². The summed E-state index contributed by atoms with van der Waals surface area (Å²) in [6.45, 7) is 0.160. The Kier molecular flexibility index (Phi) is 3.22. The highest BCUT2D eigenvalue weighted by Gasteiger charge is 2.52. The number of carbonyl (C=O) groups excluding carboxylic acids is 1. The Hall–Kier alpha value is -1.52. The van der Waals surface area contributed by atoms with Gasteiger partial charge in [-0.3, -0.25) is 4.79 Å². The standard InChI is InChI=1S/C14H11Cl2NO3/c15-14(16)6-8(14)7-20-13(19)10-5-12(18)17-11-4-2-1-3-9(10)11/h1-5,8H,6-7H2,(H,17,18)/t8-/m1/s1. The number of hydrogen-bond acceptors (Lipinski definition) is 3. The number of aromatic amines is 1. The second-order valence-electron chi connectivity index (χ2n) is 4.85. The van der Waals surface area contributed by atoms with E-state index in [1.165, 1.54) is 6.07 Å². The molecule has 20 heavy (non-hydrogen) atoms. The second kappa shape index (κ2) is 4.79. The van der Waals surface area contributed by atoms with Crippen LogP contribution in [0.1, 0.15) is 16.8 Å². The number of halogens is 2. The van der Waals surface area contributed by atoms with Crippen molar-refractivity contribution in [2.75, 3.05) is 6.61 Å². The van der Waals surface area contributed by atoms with Gasteiger partial charge in [-0.25, -0.2) is 4.79 Å². The van der Waals surface area contributed by atoms with Crippen molar-refractivity contribution in [3.8, 4) is 0 Å². The molecule has 1 N–H and O–H groups in total. The van der Waals surface area contributed by atoms with Crippen LogP contribution in [0.4, 0.5) is 0 Å². The number of alkyl halides is 2. The Balaban J connectivity index is 1.86. The van der Waals surface area contributed by atoms with Crippen molar-refractivity contribution >= 4 is 40.1 Å². The van der Waals surface area contributed by atoms with Crippen molar-refractivity contribution in [2.45, 2.75) is 10.8 Å². The van der Waals surface area contributed by atoms with E-state index in [9.17, 15) is 9.59 Å². The van der Waals surface area contributed by atoms with Gasteiger partial charge in [-0.2, -0.15) is 0 Å². The lowest BCUT2D eigenvalue weighted by atomic mass is 10.1. The van der Waals surface area contributed by atoms with E-state index in [1.54, 1.807) is 24.3 Å². The predicted molar refractivity (Wildman–Crippen MR) is 77.4 cm³/mol. The van der Waals surface area contributed by atoms with Crippen LogP contribution in [0.5, 0.6) is 0 Å².